The summed E-state index contributed by atoms with van der Waals surface area (Å²) in [4.78, 5) is 12.4. The molecule has 2 aromatic rings. The number of aryl methyl sites for hydroxylation is 2. The van der Waals surface area contributed by atoms with E-state index >= 15 is 0 Å². The lowest BCUT2D eigenvalue weighted by Gasteiger charge is -2.25. The van der Waals surface area contributed by atoms with Gasteiger partial charge in [-0.15, -0.1) is 0 Å². The van der Waals surface area contributed by atoms with Gasteiger partial charge in [-0.3, -0.25) is 4.79 Å². The van der Waals surface area contributed by atoms with Crippen LogP contribution in [0, 0.1) is 6.92 Å². The van der Waals surface area contributed by atoms with Crippen LogP contribution in [0.3, 0.4) is 0 Å². The molecule has 0 aliphatic carbocycles. The molecule has 1 atom stereocenters. The lowest BCUT2D eigenvalue weighted by atomic mass is 10.00. The highest BCUT2D eigenvalue weighted by Gasteiger charge is 2.25. The standard InChI is InChI=1S/C19H22N2O2/c1-13-6-8-17-14(10-13)7-9-18(23-17)19(22)21-12-16-5-3-2-4-15(16)11-20/h2-6,8,10,18H,7,9,11-12,20H2,1H3,(H,21,22). The Balaban J connectivity index is 1.62. The molecule has 0 spiro atoms. The number of hydrogen-bond donors (Lipinski definition) is 2. The molecule has 0 fully saturated rings. The van der Waals surface area contributed by atoms with Crippen LogP contribution < -0.4 is 15.8 Å². The number of benzene rings is 2. The van der Waals surface area contributed by atoms with Crippen LogP contribution in [-0.4, -0.2) is 12.0 Å². The van der Waals surface area contributed by atoms with Crippen LogP contribution >= 0.6 is 0 Å². The van der Waals surface area contributed by atoms with Gasteiger partial charge in [0.15, 0.2) is 6.10 Å². The van der Waals surface area contributed by atoms with Crippen molar-refractivity contribution in [2.75, 3.05) is 0 Å². The van der Waals surface area contributed by atoms with Crippen LogP contribution in [0.4, 0.5) is 0 Å². The van der Waals surface area contributed by atoms with Gasteiger partial charge in [0.2, 0.25) is 0 Å². The average Bonchev–Trinajstić information content (AvgIpc) is 2.59. The van der Waals surface area contributed by atoms with E-state index in [1.54, 1.807) is 0 Å². The molecule has 1 heterocycles. The Kier molecular flexibility index (Phi) is 4.63. The largest absolute Gasteiger partial charge is 0.480 e. The van der Waals surface area contributed by atoms with E-state index in [-0.39, 0.29) is 5.91 Å². The maximum atomic E-state index is 12.4. The first kappa shape index (κ1) is 15.6. The number of carbonyl (C=O) groups is 1. The molecule has 3 rings (SSSR count). The maximum Gasteiger partial charge on any atom is 0.261 e. The van der Waals surface area contributed by atoms with Gasteiger partial charge in [0, 0.05) is 13.1 Å². The quantitative estimate of drug-likeness (QED) is 0.912. The lowest BCUT2D eigenvalue weighted by Crippen LogP contribution is -2.40. The molecule has 23 heavy (non-hydrogen) atoms. The first-order valence-corrected chi connectivity index (χ1v) is 7.98. The zero-order valence-corrected chi connectivity index (χ0v) is 13.3. The predicted octanol–water partition coefficient (Wildman–Crippen LogP) is 2.46. The summed E-state index contributed by atoms with van der Waals surface area (Å²) >= 11 is 0. The minimum Gasteiger partial charge on any atom is -0.480 e. The highest BCUT2D eigenvalue weighted by atomic mass is 16.5. The molecule has 2 aromatic carbocycles. The number of rotatable bonds is 4. The van der Waals surface area contributed by atoms with Crippen molar-refractivity contribution in [1.29, 1.82) is 0 Å². The Morgan fingerprint density at radius 2 is 2.04 bits per heavy atom. The van der Waals surface area contributed by atoms with Crippen LogP contribution in [0.15, 0.2) is 42.5 Å². The topological polar surface area (TPSA) is 64.4 Å². The Hall–Kier alpha value is -2.33. The van der Waals surface area contributed by atoms with Crippen molar-refractivity contribution in [3.63, 3.8) is 0 Å². The van der Waals surface area contributed by atoms with E-state index in [0.29, 0.717) is 19.5 Å². The van der Waals surface area contributed by atoms with Crippen molar-refractivity contribution < 1.29 is 9.53 Å². The molecule has 0 aromatic heterocycles. The highest BCUT2D eigenvalue weighted by Crippen LogP contribution is 2.28. The zero-order chi connectivity index (χ0) is 16.2. The first-order valence-electron chi connectivity index (χ1n) is 7.98. The van der Waals surface area contributed by atoms with E-state index in [2.05, 4.69) is 18.3 Å². The molecule has 4 heteroatoms. The normalized spacial score (nSPS) is 16.3. The van der Waals surface area contributed by atoms with Crippen molar-refractivity contribution in [2.45, 2.75) is 39.0 Å². The van der Waals surface area contributed by atoms with E-state index < -0.39 is 6.10 Å². The Morgan fingerprint density at radius 3 is 2.83 bits per heavy atom. The number of amides is 1. The second-order valence-corrected chi connectivity index (χ2v) is 5.95. The monoisotopic (exact) mass is 310 g/mol. The number of ether oxygens (including phenoxy) is 1. The second kappa shape index (κ2) is 6.84. The summed E-state index contributed by atoms with van der Waals surface area (Å²) < 4.78 is 5.86. The van der Waals surface area contributed by atoms with Gasteiger partial charge in [-0.2, -0.15) is 0 Å². The lowest BCUT2D eigenvalue weighted by molar-refractivity contribution is -0.128. The molecule has 0 radical (unpaired) electrons. The molecule has 0 bridgehead atoms. The van der Waals surface area contributed by atoms with Crippen LogP contribution in [-0.2, 0) is 24.3 Å². The van der Waals surface area contributed by atoms with Crippen molar-refractivity contribution in [1.82, 2.24) is 5.32 Å². The minimum atomic E-state index is -0.421. The first-order chi connectivity index (χ1) is 11.2. The number of nitrogens with two attached hydrogens (primary N) is 1. The SMILES string of the molecule is Cc1ccc2c(c1)CCC(C(=O)NCc1ccccc1CN)O2. The molecular weight excluding hydrogens is 288 g/mol. The summed E-state index contributed by atoms with van der Waals surface area (Å²) in [6, 6.07) is 14.0. The summed E-state index contributed by atoms with van der Waals surface area (Å²) in [5, 5.41) is 2.97. The number of hydrogen-bond acceptors (Lipinski definition) is 3. The van der Waals surface area contributed by atoms with Crippen LogP contribution in [0.2, 0.25) is 0 Å². The molecule has 0 saturated carbocycles. The summed E-state index contributed by atoms with van der Waals surface area (Å²) in [5.74, 6) is 0.757. The molecule has 3 N–H and O–H groups in total. The fraction of sp³-hybridized carbons (Fsp3) is 0.316. The average molecular weight is 310 g/mol. The van der Waals surface area contributed by atoms with Gasteiger partial charge < -0.3 is 15.8 Å². The third kappa shape index (κ3) is 3.54. The van der Waals surface area contributed by atoms with Gasteiger partial charge in [-0.25, -0.2) is 0 Å². The molecular formula is C19H22N2O2. The van der Waals surface area contributed by atoms with Crippen LogP contribution in [0.25, 0.3) is 0 Å². The van der Waals surface area contributed by atoms with Gasteiger partial charge in [-0.1, -0.05) is 42.0 Å². The van der Waals surface area contributed by atoms with Gasteiger partial charge in [-0.05, 0) is 42.5 Å². The molecule has 1 amide bonds. The smallest absolute Gasteiger partial charge is 0.261 e. The van der Waals surface area contributed by atoms with Gasteiger partial charge in [0.25, 0.3) is 5.91 Å². The molecule has 1 aliphatic heterocycles. The molecule has 4 nitrogen and oxygen atoms in total. The van der Waals surface area contributed by atoms with Crippen molar-refractivity contribution in [2.24, 2.45) is 5.73 Å². The fourth-order valence-electron chi connectivity index (χ4n) is 2.93. The van der Waals surface area contributed by atoms with Crippen molar-refractivity contribution in [3.05, 3.63) is 64.7 Å². The van der Waals surface area contributed by atoms with Crippen LogP contribution in [0.5, 0.6) is 5.75 Å². The molecule has 120 valence electrons. The minimum absolute atomic E-state index is 0.0666. The predicted molar refractivity (Wildman–Crippen MR) is 90.1 cm³/mol. The third-order valence-corrected chi connectivity index (χ3v) is 4.24. The summed E-state index contributed by atoms with van der Waals surface area (Å²) in [7, 11) is 0. The van der Waals surface area contributed by atoms with Crippen LogP contribution in [0.1, 0.15) is 28.7 Å². The zero-order valence-electron chi connectivity index (χ0n) is 13.3. The Bertz CT molecular complexity index is 712. The van der Waals surface area contributed by atoms with Crippen molar-refractivity contribution >= 4 is 5.91 Å². The van der Waals surface area contributed by atoms with E-state index in [1.807, 2.05) is 36.4 Å². The Labute approximate surface area is 136 Å². The summed E-state index contributed by atoms with van der Waals surface area (Å²) in [6.45, 7) is 3.01. The molecule has 1 aliphatic rings. The fourth-order valence-corrected chi connectivity index (χ4v) is 2.93. The van der Waals surface area contributed by atoms with E-state index in [1.165, 1.54) is 11.1 Å². The highest BCUT2D eigenvalue weighted by molar-refractivity contribution is 5.81. The molecule has 1 unspecified atom stereocenters. The number of fused-ring (bicyclic) bond motifs is 1. The maximum absolute atomic E-state index is 12.4. The summed E-state index contributed by atoms with van der Waals surface area (Å²) in [6.07, 6.45) is 1.16. The van der Waals surface area contributed by atoms with E-state index in [9.17, 15) is 4.79 Å². The number of carbonyl (C=O) groups excluding carboxylic acids is 1. The second-order valence-electron chi connectivity index (χ2n) is 5.95. The summed E-state index contributed by atoms with van der Waals surface area (Å²) in [5.41, 5.74) is 10.2. The van der Waals surface area contributed by atoms with Gasteiger partial charge >= 0.3 is 0 Å². The van der Waals surface area contributed by atoms with Gasteiger partial charge in [0.05, 0.1) is 0 Å². The number of nitrogens with one attached hydrogen (secondary N) is 1. The Morgan fingerprint density at radius 1 is 1.26 bits per heavy atom. The van der Waals surface area contributed by atoms with E-state index in [4.69, 9.17) is 10.5 Å². The van der Waals surface area contributed by atoms with E-state index in [0.717, 1.165) is 23.3 Å². The van der Waals surface area contributed by atoms with Gasteiger partial charge in [0.1, 0.15) is 5.75 Å². The molecule has 0 saturated heterocycles. The van der Waals surface area contributed by atoms with Crippen molar-refractivity contribution in [3.8, 4) is 5.75 Å². The third-order valence-electron chi connectivity index (χ3n) is 4.24.